The molecule has 0 atom stereocenters. The minimum Gasteiger partial charge on any atom is -0.274 e. The zero-order chi connectivity index (χ0) is 12.2. The zero-order valence-corrected chi connectivity index (χ0v) is 10.7. The van der Waals surface area contributed by atoms with E-state index in [2.05, 4.69) is 17.6 Å². The first-order chi connectivity index (χ1) is 7.48. The third-order valence-electron chi connectivity index (χ3n) is 3.65. The molecule has 1 fully saturated rings. The molecule has 2 heteroatoms. The van der Waals surface area contributed by atoms with E-state index >= 15 is 0 Å². The molecule has 0 N–H and O–H groups in total. The van der Waals surface area contributed by atoms with Gasteiger partial charge in [-0.3, -0.25) is 4.99 Å². The summed E-state index contributed by atoms with van der Waals surface area (Å²) >= 11 is 0. The number of aliphatic imine (C=N–C) groups is 1. The lowest BCUT2D eigenvalue weighted by Crippen LogP contribution is -2.26. The van der Waals surface area contributed by atoms with Crippen molar-refractivity contribution >= 4 is 5.71 Å². The molecule has 0 spiro atoms. The molecule has 0 amide bonds. The van der Waals surface area contributed by atoms with Crippen molar-refractivity contribution < 1.29 is 0 Å². The molecule has 0 unspecified atom stereocenters. The Hall–Kier alpha value is -1.10. The van der Waals surface area contributed by atoms with Crippen LogP contribution in [0, 0.1) is 16.7 Å². The summed E-state index contributed by atoms with van der Waals surface area (Å²) in [6.45, 7) is 9.98. The molecule has 88 valence electrons. The van der Waals surface area contributed by atoms with Crippen LogP contribution in [0.4, 0.5) is 0 Å². The summed E-state index contributed by atoms with van der Waals surface area (Å²) in [5.74, 6) is 0. The van der Waals surface area contributed by atoms with Gasteiger partial charge in [0.1, 0.15) is 11.8 Å². The minimum atomic E-state index is -0.286. The first-order valence-corrected chi connectivity index (χ1v) is 6.13. The number of allylic oxidation sites excluding steroid dienone is 1. The van der Waals surface area contributed by atoms with E-state index in [1.807, 2.05) is 20.8 Å². The molecule has 0 aromatic rings. The number of nitriles is 1. The van der Waals surface area contributed by atoms with Gasteiger partial charge in [-0.05, 0) is 33.6 Å². The van der Waals surface area contributed by atoms with Crippen LogP contribution in [0.15, 0.2) is 17.1 Å². The summed E-state index contributed by atoms with van der Waals surface area (Å²) in [4.78, 5) is 4.64. The lowest BCUT2D eigenvalue weighted by Gasteiger charge is -2.26. The summed E-state index contributed by atoms with van der Waals surface area (Å²) in [7, 11) is 0. The number of rotatable bonds is 3. The van der Waals surface area contributed by atoms with Crippen LogP contribution in [0.2, 0.25) is 0 Å². The van der Waals surface area contributed by atoms with Crippen LogP contribution in [-0.2, 0) is 0 Å². The van der Waals surface area contributed by atoms with E-state index in [-0.39, 0.29) is 5.41 Å². The van der Waals surface area contributed by atoms with Crippen molar-refractivity contribution in [1.29, 1.82) is 5.26 Å². The van der Waals surface area contributed by atoms with E-state index in [0.29, 0.717) is 11.8 Å². The molecule has 1 rings (SSSR count). The molecule has 0 radical (unpaired) electrons. The topological polar surface area (TPSA) is 36.1 Å². The summed E-state index contributed by atoms with van der Waals surface area (Å²) in [6, 6.07) is 2.62. The zero-order valence-electron chi connectivity index (χ0n) is 10.7. The molecule has 2 nitrogen and oxygen atoms in total. The largest absolute Gasteiger partial charge is 0.274 e. The maximum atomic E-state index is 9.22. The van der Waals surface area contributed by atoms with Crippen LogP contribution in [0.3, 0.4) is 0 Å². The molecule has 0 bridgehead atoms. The fourth-order valence-corrected chi connectivity index (χ4v) is 1.92. The smallest absolute Gasteiger partial charge is 0.122 e. The van der Waals surface area contributed by atoms with Crippen molar-refractivity contribution in [3.63, 3.8) is 0 Å². The van der Waals surface area contributed by atoms with Crippen molar-refractivity contribution in [1.82, 2.24) is 0 Å². The standard InChI is InChI=1S/C14H22N2/c1-11(2)14(3,4)13(10-15)16-12-8-6-5-7-9-12/h12H,1,5-9H2,2-4H3/b16-13+. The van der Waals surface area contributed by atoms with E-state index in [1.54, 1.807) is 0 Å². The van der Waals surface area contributed by atoms with E-state index in [9.17, 15) is 5.26 Å². The van der Waals surface area contributed by atoms with Crippen molar-refractivity contribution in [2.45, 2.75) is 58.9 Å². The van der Waals surface area contributed by atoms with E-state index in [4.69, 9.17) is 0 Å². The minimum absolute atomic E-state index is 0.286. The Bertz CT molecular complexity index is 325. The summed E-state index contributed by atoms with van der Waals surface area (Å²) in [5, 5.41) is 9.22. The van der Waals surface area contributed by atoms with Gasteiger partial charge in [-0.1, -0.05) is 31.4 Å². The van der Waals surface area contributed by atoms with Crippen LogP contribution in [0.1, 0.15) is 52.9 Å². The third kappa shape index (κ3) is 2.95. The molecule has 0 saturated heterocycles. The van der Waals surface area contributed by atoms with Gasteiger partial charge in [-0.15, -0.1) is 0 Å². The maximum absolute atomic E-state index is 9.22. The molecule has 16 heavy (non-hydrogen) atoms. The predicted molar refractivity (Wildman–Crippen MR) is 68.5 cm³/mol. The summed E-state index contributed by atoms with van der Waals surface area (Å²) in [6.07, 6.45) is 6.09. The number of hydrogen-bond acceptors (Lipinski definition) is 2. The van der Waals surface area contributed by atoms with Crippen LogP contribution < -0.4 is 0 Å². The fraction of sp³-hybridized carbons (Fsp3) is 0.714. The van der Waals surface area contributed by atoms with E-state index in [0.717, 1.165) is 18.4 Å². The first kappa shape index (κ1) is 13.0. The van der Waals surface area contributed by atoms with Gasteiger partial charge in [0, 0.05) is 5.41 Å². The first-order valence-electron chi connectivity index (χ1n) is 6.13. The highest BCUT2D eigenvalue weighted by atomic mass is 14.8. The normalized spacial score (nSPS) is 19.2. The molecule has 0 aliphatic heterocycles. The average Bonchev–Trinajstić information content (AvgIpc) is 2.26. The molecule has 1 aliphatic carbocycles. The number of hydrogen-bond donors (Lipinski definition) is 0. The molecule has 0 aromatic heterocycles. The quantitative estimate of drug-likeness (QED) is 0.523. The number of nitrogens with zero attached hydrogens (tertiary/aromatic N) is 2. The molecule has 1 saturated carbocycles. The lowest BCUT2D eigenvalue weighted by atomic mass is 9.81. The average molecular weight is 218 g/mol. The van der Waals surface area contributed by atoms with Crippen LogP contribution >= 0.6 is 0 Å². The molecule has 1 aliphatic rings. The van der Waals surface area contributed by atoms with Gasteiger partial charge in [0.05, 0.1) is 6.04 Å². The third-order valence-corrected chi connectivity index (χ3v) is 3.65. The fourth-order valence-electron chi connectivity index (χ4n) is 1.92. The van der Waals surface area contributed by atoms with Crippen LogP contribution in [0.25, 0.3) is 0 Å². The summed E-state index contributed by atoms with van der Waals surface area (Å²) in [5.41, 5.74) is 1.36. The molecule has 0 heterocycles. The maximum Gasteiger partial charge on any atom is 0.122 e. The van der Waals surface area contributed by atoms with Crippen molar-refractivity contribution in [2.24, 2.45) is 10.4 Å². The van der Waals surface area contributed by atoms with Crippen molar-refractivity contribution in [2.75, 3.05) is 0 Å². The Kier molecular flexibility index (Phi) is 4.29. The molecule has 0 aromatic carbocycles. The van der Waals surface area contributed by atoms with Crippen molar-refractivity contribution in [3.8, 4) is 6.07 Å². The predicted octanol–water partition coefficient (Wildman–Crippen LogP) is 3.89. The Balaban J connectivity index is 2.85. The summed E-state index contributed by atoms with van der Waals surface area (Å²) < 4.78 is 0. The van der Waals surface area contributed by atoms with Gasteiger partial charge in [0.25, 0.3) is 0 Å². The van der Waals surface area contributed by atoms with E-state index < -0.39 is 0 Å². The second-order valence-corrected chi connectivity index (χ2v) is 5.29. The van der Waals surface area contributed by atoms with Gasteiger partial charge in [-0.2, -0.15) is 5.26 Å². The lowest BCUT2D eigenvalue weighted by molar-refractivity contribution is 0.440. The van der Waals surface area contributed by atoms with Gasteiger partial charge < -0.3 is 0 Å². The highest BCUT2D eigenvalue weighted by Crippen LogP contribution is 2.28. The van der Waals surface area contributed by atoms with Crippen LogP contribution in [0.5, 0.6) is 0 Å². The van der Waals surface area contributed by atoms with Gasteiger partial charge >= 0.3 is 0 Å². The Morgan fingerprint density at radius 3 is 2.31 bits per heavy atom. The highest BCUT2D eigenvalue weighted by molar-refractivity contribution is 6.04. The second-order valence-electron chi connectivity index (χ2n) is 5.29. The Morgan fingerprint density at radius 1 is 1.31 bits per heavy atom. The Labute approximate surface area is 99.1 Å². The monoisotopic (exact) mass is 218 g/mol. The highest BCUT2D eigenvalue weighted by Gasteiger charge is 2.27. The van der Waals surface area contributed by atoms with Gasteiger partial charge in [0.2, 0.25) is 0 Å². The van der Waals surface area contributed by atoms with Crippen LogP contribution in [-0.4, -0.2) is 11.8 Å². The van der Waals surface area contributed by atoms with Gasteiger partial charge in [0.15, 0.2) is 0 Å². The SMILES string of the molecule is C=C(C)C(C)(C)/C(C#N)=N/C1CCCCC1. The van der Waals surface area contributed by atoms with E-state index in [1.165, 1.54) is 19.3 Å². The van der Waals surface area contributed by atoms with Gasteiger partial charge in [-0.25, -0.2) is 0 Å². The second kappa shape index (κ2) is 5.30. The molecular formula is C14H22N2. The van der Waals surface area contributed by atoms with Crippen molar-refractivity contribution in [3.05, 3.63) is 12.2 Å². The Morgan fingerprint density at radius 2 is 1.88 bits per heavy atom. The molecular weight excluding hydrogens is 196 g/mol.